The lowest BCUT2D eigenvalue weighted by molar-refractivity contribution is -0.316. The van der Waals surface area contributed by atoms with Crippen LogP contribution in [0.2, 0.25) is 0 Å². The van der Waals surface area contributed by atoms with Gasteiger partial charge in [-0.25, -0.2) is 0 Å². The molecule has 0 aromatic heterocycles. The summed E-state index contributed by atoms with van der Waals surface area (Å²) in [5.74, 6) is 0. The Balaban J connectivity index is 2.77. The van der Waals surface area contributed by atoms with Gasteiger partial charge in [-0.2, -0.15) is 0 Å². The maximum atomic E-state index is 9.32. The van der Waals surface area contributed by atoms with Crippen LogP contribution in [-0.4, -0.2) is 78.8 Å². The highest BCUT2D eigenvalue weighted by atomic mass is 16.7. The molecule has 6 atom stereocenters. The molecule has 15 heavy (non-hydrogen) atoms. The van der Waals surface area contributed by atoms with E-state index in [-0.39, 0.29) is 0 Å². The lowest BCUT2D eigenvalue weighted by atomic mass is 9.85. The van der Waals surface area contributed by atoms with E-state index in [0.29, 0.717) is 0 Å². The van der Waals surface area contributed by atoms with E-state index in [0.717, 1.165) is 0 Å². The summed E-state index contributed by atoms with van der Waals surface area (Å²) in [7, 11) is 0. The first-order valence-electron chi connectivity index (χ1n) is 4.28. The maximum Gasteiger partial charge on any atom is 0.266 e. The predicted octanol–water partition coefficient (Wildman–Crippen LogP) is -4.54. The molecule has 0 amide bonds. The van der Waals surface area contributed by atoms with Crippen molar-refractivity contribution in [1.29, 1.82) is 0 Å². The molecule has 1 fully saturated rings. The maximum absolute atomic E-state index is 9.32. The Bertz CT molecular complexity index is 193. The van der Waals surface area contributed by atoms with Gasteiger partial charge in [0.2, 0.25) is 0 Å². The van der Waals surface area contributed by atoms with Crippen molar-refractivity contribution in [3.05, 3.63) is 0 Å². The van der Waals surface area contributed by atoms with Crippen LogP contribution in [0.1, 0.15) is 0 Å². The zero-order valence-corrected chi connectivity index (χ0v) is 7.58. The van der Waals surface area contributed by atoms with E-state index in [1.54, 1.807) is 0 Å². The Hall–Kier alpha value is -0.320. The minimum atomic E-state index is -2.27. The van der Waals surface area contributed by atoms with Gasteiger partial charge in [0.15, 0.2) is 0 Å². The lowest BCUT2D eigenvalue weighted by Crippen LogP contribution is -2.64. The molecule has 0 aromatic carbocycles. The number of rotatable bonds is 2. The molecule has 1 saturated carbocycles. The van der Waals surface area contributed by atoms with Gasteiger partial charge in [-0.3, -0.25) is 0 Å². The molecule has 0 radical (unpaired) electrons. The summed E-state index contributed by atoms with van der Waals surface area (Å²) < 4.78 is 4.28. The predicted molar refractivity (Wildman–Crippen MR) is 43.1 cm³/mol. The Morgan fingerprint density at radius 1 is 0.667 bits per heavy atom. The largest absolute Gasteiger partial charge is 0.387 e. The summed E-state index contributed by atoms with van der Waals surface area (Å²) in [5, 5.41) is 63.1. The minimum Gasteiger partial charge on any atom is -0.387 e. The van der Waals surface area contributed by atoms with Crippen molar-refractivity contribution in [3.63, 3.8) is 0 Å². The van der Waals surface area contributed by atoms with Crippen LogP contribution < -0.4 is 0 Å². The van der Waals surface area contributed by atoms with E-state index >= 15 is 0 Å². The van der Waals surface area contributed by atoms with Crippen LogP contribution in [0.15, 0.2) is 0 Å². The van der Waals surface area contributed by atoms with Gasteiger partial charge >= 0.3 is 0 Å². The molecule has 0 spiro atoms. The Kier molecular flexibility index (Phi) is 3.98. The fourth-order valence-corrected chi connectivity index (χ4v) is 1.50. The second-order valence-corrected chi connectivity index (χ2v) is 3.38. The molecule has 7 N–H and O–H groups in total. The molecule has 0 saturated heterocycles. The van der Waals surface area contributed by atoms with E-state index in [1.165, 1.54) is 0 Å². The molecule has 1 aliphatic carbocycles. The third kappa shape index (κ3) is 2.44. The van der Waals surface area contributed by atoms with Gasteiger partial charge in [0.05, 0.1) is 0 Å². The molecule has 8 heteroatoms. The quantitative estimate of drug-likeness (QED) is 0.232. The van der Waals surface area contributed by atoms with Gasteiger partial charge in [-0.15, -0.1) is 0 Å². The number of hydrogen-bond donors (Lipinski definition) is 7. The lowest BCUT2D eigenvalue weighted by Gasteiger charge is -2.41. The van der Waals surface area contributed by atoms with Gasteiger partial charge in [0.25, 0.3) is 6.48 Å². The molecule has 1 rings (SSSR count). The van der Waals surface area contributed by atoms with Gasteiger partial charge in [0, 0.05) is 0 Å². The SMILES string of the molecule is OC(O)OC1[C@@H](O)[C@H](O)C(O)[C@H](O)[C@H]1O. The highest BCUT2D eigenvalue weighted by Crippen LogP contribution is 2.24. The molecule has 0 aliphatic heterocycles. The fourth-order valence-electron chi connectivity index (χ4n) is 1.50. The van der Waals surface area contributed by atoms with Crippen LogP contribution in [0.5, 0.6) is 0 Å². The number of aliphatic hydroxyl groups is 7. The normalized spacial score (nSPS) is 47.2. The van der Waals surface area contributed by atoms with Crippen LogP contribution in [0, 0.1) is 0 Å². The van der Waals surface area contributed by atoms with E-state index in [1.807, 2.05) is 0 Å². The van der Waals surface area contributed by atoms with Crippen molar-refractivity contribution in [2.24, 2.45) is 0 Å². The van der Waals surface area contributed by atoms with Crippen LogP contribution in [0.4, 0.5) is 0 Å². The van der Waals surface area contributed by atoms with E-state index in [9.17, 15) is 20.4 Å². The van der Waals surface area contributed by atoms with Crippen molar-refractivity contribution >= 4 is 0 Å². The highest BCUT2D eigenvalue weighted by molar-refractivity contribution is 4.99. The number of ether oxygens (including phenoxy) is 1. The topological polar surface area (TPSA) is 151 Å². The van der Waals surface area contributed by atoms with Crippen LogP contribution in [-0.2, 0) is 4.74 Å². The monoisotopic (exact) mass is 226 g/mol. The third-order valence-corrected chi connectivity index (χ3v) is 2.35. The van der Waals surface area contributed by atoms with Crippen LogP contribution in [0.3, 0.4) is 0 Å². The van der Waals surface area contributed by atoms with Crippen molar-refractivity contribution in [1.82, 2.24) is 0 Å². The second kappa shape index (κ2) is 4.68. The van der Waals surface area contributed by atoms with E-state index in [2.05, 4.69) is 4.74 Å². The molecule has 90 valence electrons. The van der Waals surface area contributed by atoms with Crippen molar-refractivity contribution in [2.45, 2.75) is 43.1 Å². The molecule has 1 aliphatic rings. The summed E-state index contributed by atoms with van der Waals surface area (Å²) in [6, 6.07) is 0. The molecule has 0 heterocycles. The van der Waals surface area contributed by atoms with Gasteiger partial charge in [-0.1, -0.05) is 0 Å². The standard InChI is InChI=1S/C7H14O8/c8-1-2(9)4(11)6(15-7(13)14)5(12)3(1)10/h1-14H/t1?,2-,3+,4+,5-,6?. The summed E-state index contributed by atoms with van der Waals surface area (Å²) >= 11 is 0. The average molecular weight is 226 g/mol. The molecule has 2 unspecified atom stereocenters. The van der Waals surface area contributed by atoms with Crippen molar-refractivity contribution < 1.29 is 40.5 Å². The first kappa shape index (κ1) is 12.7. The Morgan fingerprint density at radius 3 is 1.33 bits per heavy atom. The fraction of sp³-hybridized carbons (Fsp3) is 1.00. The van der Waals surface area contributed by atoms with Crippen molar-refractivity contribution in [2.75, 3.05) is 0 Å². The Morgan fingerprint density at radius 2 is 1.00 bits per heavy atom. The van der Waals surface area contributed by atoms with Crippen LogP contribution in [0.25, 0.3) is 0 Å². The first-order valence-corrected chi connectivity index (χ1v) is 4.28. The smallest absolute Gasteiger partial charge is 0.266 e. The van der Waals surface area contributed by atoms with Gasteiger partial charge < -0.3 is 40.5 Å². The average Bonchev–Trinajstić information content (AvgIpc) is 2.18. The van der Waals surface area contributed by atoms with Gasteiger partial charge in [0.1, 0.15) is 36.6 Å². The molecule has 0 aromatic rings. The third-order valence-electron chi connectivity index (χ3n) is 2.35. The zero-order chi connectivity index (χ0) is 11.7. The number of hydrogen-bond acceptors (Lipinski definition) is 8. The zero-order valence-electron chi connectivity index (χ0n) is 7.58. The van der Waals surface area contributed by atoms with E-state index < -0.39 is 43.1 Å². The molecular weight excluding hydrogens is 212 g/mol. The summed E-state index contributed by atoms with van der Waals surface area (Å²) in [6.45, 7) is -2.27. The molecule has 8 nitrogen and oxygen atoms in total. The first-order chi connectivity index (χ1) is 6.86. The molecular formula is C7H14O8. The summed E-state index contributed by atoms with van der Waals surface area (Å²) in [6.07, 6.45) is -10.3. The van der Waals surface area contributed by atoms with Gasteiger partial charge in [-0.05, 0) is 0 Å². The summed E-state index contributed by atoms with van der Waals surface area (Å²) in [5.41, 5.74) is 0. The molecule has 0 bridgehead atoms. The van der Waals surface area contributed by atoms with E-state index in [4.69, 9.17) is 15.3 Å². The second-order valence-electron chi connectivity index (χ2n) is 3.38. The number of aliphatic hydroxyl groups excluding tert-OH is 6. The summed E-state index contributed by atoms with van der Waals surface area (Å²) in [4.78, 5) is 0. The Labute approximate surface area is 84.6 Å². The van der Waals surface area contributed by atoms with Crippen molar-refractivity contribution in [3.8, 4) is 0 Å². The minimum absolute atomic E-state index is 1.60. The highest BCUT2D eigenvalue weighted by Gasteiger charge is 2.49. The van der Waals surface area contributed by atoms with Crippen LogP contribution >= 0.6 is 0 Å².